The second-order valence-electron chi connectivity index (χ2n) is 5.34. The van der Waals surface area contributed by atoms with E-state index in [1.54, 1.807) is 10.6 Å². The number of hydrogen-bond donors (Lipinski definition) is 1. The van der Waals surface area contributed by atoms with Gasteiger partial charge in [-0.05, 0) is 32.7 Å². The zero-order chi connectivity index (χ0) is 14.4. The first-order valence-corrected chi connectivity index (χ1v) is 7.28. The lowest BCUT2D eigenvalue weighted by Crippen LogP contribution is -2.42. The predicted octanol–water partition coefficient (Wildman–Crippen LogP) is 2.27. The van der Waals surface area contributed by atoms with Crippen LogP contribution in [0.25, 0.3) is 0 Å². The van der Waals surface area contributed by atoms with Gasteiger partial charge in [0, 0.05) is 24.3 Å². The Kier molecular flexibility index (Phi) is 6.22. The maximum absolute atomic E-state index is 12.1. The van der Waals surface area contributed by atoms with Crippen LogP contribution in [-0.2, 0) is 6.54 Å². The van der Waals surface area contributed by atoms with E-state index in [2.05, 4.69) is 31.1 Å². The van der Waals surface area contributed by atoms with Crippen molar-refractivity contribution >= 4 is 0 Å². The quantitative estimate of drug-likeness (QED) is 0.822. The van der Waals surface area contributed by atoms with Crippen molar-refractivity contribution in [3.63, 3.8) is 0 Å². The molecule has 0 radical (unpaired) electrons. The van der Waals surface area contributed by atoms with Gasteiger partial charge in [-0.2, -0.15) is 0 Å². The van der Waals surface area contributed by atoms with Gasteiger partial charge in [-0.1, -0.05) is 27.2 Å². The van der Waals surface area contributed by atoms with Gasteiger partial charge in [0.25, 0.3) is 5.56 Å². The molecule has 0 bridgehead atoms. The van der Waals surface area contributed by atoms with Crippen molar-refractivity contribution in [1.82, 2.24) is 14.9 Å². The summed E-state index contributed by atoms with van der Waals surface area (Å²) in [6, 6.07) is 1.94. The molecule has 0 aromatic carbocycles. The number of hydrogen-bond acceptors (Lipinski definition) is 3. The van der Waals surface area contributed by atoms with E-state index >= 15 is 0 Å². The molecule has 1 aromatic rings. The third-order valence-corrected chi connectivity index (χ3v) is 3.69. The maximum atomic E-state index is 12.1. The maximum Gasteiger partial charge on any atom is 0.253 e. The molecule has 2 unspecified atom stereocenters. The molecule has 0 amide bonds. The average Bonchev–Trinajstić information content (AvgIpc) is 2.36. The number of aromatic nitrogens is 2. The largest absolute Gasteiger partial charge is 0.312 e. The van der Waals surface area contributed by atoms with Crippen LogP contribution >= 0.6 is 0 Å². The summed E-state index contributed by atoms with van der Waals surface area (Å²) >= 11 is 0. The molecule has 1 aromatic heterocycles. The first kappa shape index (κ1) is 15.9. The summed E-state index contributed by atoms with van der Waals surface area (Å²) in [4.78, 5) is 16.5. The Balaban J connectivity index is 2.92. The third-order valence-electron chi connectivity index (χ3n) is 3.69. The Labute approximate surface area is 116 Å². The molecule has 108 valence electrons. The van der Waals surface area contributed by atoms with Crippen LogP contribution in [0.5, 0.6) is 0 Å². The van der Waals surface area contributed by atoms with Crippen LogP contribution in [0.4, 0.5) is 0 Å². The number of nitrogens with one attached hydrogen (secondary N) is 1. The smallest absolute Gasteiger partial charge is 0.253 e. The van der Waals surface area contributed by atoms with Crippen molar-refractivity contribution in [2.24, 2.45) is 5.92 Å². The van der Waals surface area contributed by atoms with Crippen LogP contribution in [0.3, 0.4) is 0 Å². The van der Waals surface area contributed by atoms with Crippen LogP contribution in [0.2, 0.25) is 0 Å². The molecule has 1 N–H and O–H groups in total. The SMILES string of the molecule is CCCNC(Cn1c(C)nc(C)cc1=O)C(C)CC. The van der Waals surface area contributed by atoms with Gasteiger partial charge in [-0.25, -0.2) is 4.98 Å². The van der Waals surface area contributed by atoms with E-state index in [0.717, 1.165) is 30.9 Å². The lowest BCUT2D eigenvalue weighted by Gasteiger charge is -2.25. The number of rotatable bonds is 7. The highest BCUT2D eigenvalue weighted by Gasteiger charge is 2.17. The van der Waals surface area contributed by atoms with E-state index in [4.69, 9.17) is 0 Å². The van der Waals surface area contributed by atoms with Gasteiger partial charge in [0.05, 0.1) is 0 Å². The molecule has 1 heterocycles. The molecule has 4 heteroatoms. The van der Waals surface area contributed by atoms with Crippen LogP contribution in [0.15, 0.2) is 10.9 Å². The van der Waals surface area contributed by atoms with Crippen molar-refractivity contribution in [2.75, 3.05) is 6.54 Å². The van der Waals surface area contributed by atoms with Gasteiger partial charge in [-0.15, -0.1) is 0 Å². The van der Waals surface area contributed by atoms with Crippen molar-refractivity contribution in [1.29, 1.82) is 0 Å². The Hall–Kier alpha value is -1.16. The topological polar surface area (TPSA) is 46.9 Å². The van der Waals surface area contributed by atoms with Gasteiger partial charge < -0.3 is 5.32 Å². The predicted molar refractivity (Wildman–Crippen MR) is 79.5 cm³/mol. The summed E-state index contributed by atoms with van der Waals surface area (Å²) in [5.41, 5.74) is 0.844. The zero-order valence-corrected chi connectivity index (χ0v) is 12.9. The van der Waals surface area contributed by atoms with Gasteiger partial charge in [0.1, 0.15) is 5.82 Å². The average molecular weight is 265 g/mol. The monoisotopic (exact) mass is 265 g/mol. The number of nitrogens with zero attached hydrogens (tertiary/aromatic N) is 2. The fourth-order valence-electron chi connectivity index (χ4n) is 2.24. The highest BCUT2D eigenvalue weighted by molar-refractivity contribution is 5.02. The molecule has 0 fully saturated rings. The lowest BCUT2D eigenvalue weighted by molar-refractivity contribution is 0.323. The van der Waals surface area contributed by atoms with Crippen molar-refractivity contribution in [3.8, 4) is 0 Å². The van der Waals surface area contributed by atoms with Crippen LogP contribution < -0.4 is 10.9 Å². The fraction of sp³-hybridized carbons (Fsp3) is 0.733. The summed E-state index contributed by atoms with van der Waals surface area (Å²) < 4.78 is 1.78. The first-order valence-electron chi connectivity index (χ1n) is 7.28. The van der Waals surface area contributed by atoms with E-state index < -0.39 is 0 Å². The minimum atomic E-state index is 0.0524. The molecule has 0 saturated heterocycles. The molecule has 0 spiro atoms. The van der Waals surface area contributed by atoms with Crippen LogP contribution in [0.1, 0.15) is 45.1 Å². The van der Waals surface area contributed by atoms with E-state index in [-0.39, 0.29) is 5.56 Å². The van der Waals surface area contributed by atoms with E-state index in [0.29, 0.717) is 18.5 Å². The van der Waals surface area contributed by atoms with Gasteiger partial charge in [0.2, 0.25) is 0 Å². The van der Waals surface area contributed by atoms with Gasteiger partial charge in [-0.3, -0.25) is 9.36 Å². The Bertz CT molecular complexity index is 453. The molecule has 0 aliphatic carbocycles. The van der Waals surface area contributed by atoms with Gasteiger partial charge >= 0.3 is 0 Å². The molecule has 0 aliphatic rings. The molecular weight excluding hydrogens is 238 g/mol. The second kappa shape index (κ2) is 7.43. The van der Waals surface area contributed by atoms with Crippen molar-refractivity contribution in [2.45, 2.75) is 60.0 Å². The molecule has 2 atom stereocenters. The van der Waals surface area contributed by atoms with Crippen molar-refractivity contribution < 1.29 is 0 Å². The van der Waals surface area contributed by atoms with E-state index in [1.165, 1.54) is 0 Å². The van der Waals surface area contributed by atoms with Gasteiger partial charge in [0.15, 0.2) is 0 Å². The van der Waals surface area contributed by atoms with E-state index in [9.17, 15) is 4.79 Å². The highest BCUT2D eigenvalue weighted by atomic mass is 16.1. The summed E-state index contributed by atoms with van der Waals surface area (Å²) in [5, 5.41) is 3.55. The second-order valence-corrected chi connectivity index (χ2v) is 5.34. The Morgan fingerprint density at radius 2 is 2.05 bits per heavy atom. The number of aryl methyl sites for hydroxylation is 2. The fourth-order valence-corrected chi connectivity index (χ4v) is 2.24. The Morgan fingerprint density at radius 3 is 2.58 bits per heavy atom. The highest BCUT2D eigenvalue weighted by Crippen LogP contribution is 2.10. The summed E-state index contributed by atoms with van der Waals surface area (Å²) in [6.45, 7) is 12.0. The minimum absolute atomic E-state index is 0.0524. The molecule has 0 saturated carbocycles. The van der Waals surface area contributed by atoms with Crippen molar-refractivity contribution in [3.05, 3.63) is 27.9 Å². The summed E-state index contributed by atoms with van der Waals surface area (Å²) in [7, 11) is 0. The molecule has 0 aliphatic heterocycles. The minimum Gasteiger partial charge on any atom is -0.312 e. The molecule has 19 heavy (non-hydrogen) atoms. The van der Waals surface area contributed by atoms with E-state index in [1.807, 2.05) is 13.8 Å². The normalized spacial score (nSPS) is 14.4. The first-order chi connectivity index (χ1) is 8.99. The Morgan fingerprint density at radius 1 is 1.37 bits per heavy atom. The molecule has 1 rings (SSSR count). The summed E-state index contributed by atoms with van der Waals surface area (Å²) in [6.07, 6.45) is 2.21. The molecular formula is C15H27N3O. The lowest BCUT2D eigenvalue weighted by atomic mass is 9.99. The standard InChI is InChI=1S/C15H27N3O/c1-6-8-16-14(11(3)7-2)10-18-13(5)17-12(4)9-15(18)19/h9,11,14,16H,6-8,10H2,1-5H3. The van der Waals surface area contributed by atoms with Crippen LogP contribution in [0, 0.1) is 19.8 Å². The van der Waals surface area contributed by atoms with Crippen LogP contribution in [-0.4, -0.2) is 22.1 Å². The summed E-state index contributed by atoms with van der Waals surface area (Å²) in [5.74, 6) is 1.34. The third kappa shape index (κ3) is 4.46. The molecule has 4 nitrogen and oxygen atoms in total. The zero-order valence-electron chi connectivity index (χ0n) is 12.9.